The molecule has 1 heteroatoms. The lowest BCUT2D eigenvalue weighted by Crippen LogP contribution is -1.97. The minimum Gasteiger partial charge on any atom is -0.330 e. The van der Waals surface area contributed by atoms with Crippen molar-refractivity contribution in [3.63, 3.8) is 0 Å². The Hall–Kier alpha value is -0.0400. The first kappa shape index (κ1) is 9.05. The van der Waals surface area contributed by atoms with Gasteiger partial charge in [-0.05, 0) is 18.9 Å². The van der Waals surface area contributed by atoms with E-state index in [9.17, 15) is 0 Å². The molecule has 0 aliphatic heterocycles. The highest BCUT2D eigenvalue weighted by Gasteiger charge is 2.19. The number of unbranched alkanes of at least 4 members (excludes halogenated alkanes) is 4. The predicted octanol–water partition coefficient (Wildman–Crippen LogP) is 2.70. The van der Waals surface area contributed by atoms with Gasteiger partial charge in [0.2, 0.25) is 0 Å². The fourth-order valence-electron chi connectivity index (χ4n) is 1.51. The van der Waals surface area contributed by atoms with Gasteiger partial charge in [0, 0.05) is 0 Å². The second-order valence-electron chi connectivity index (χ2n) is 3.79. The predicted molar refractivity (Wildman–Crippen MR) is 49.5 cm³/mol. The van der Waals surface area contributed by atoms with Crippen LogP contribution in [0.3, 0.4) is 0 Å². The second kappa shape index (κ2) is 5.59. The molecule has 11 heavy (non-hydrogen) atoms. The molecule has 1 aliphatic rings. The average Bonchev–Trinajstić information content (AvgIpc) is 2.80. The molecule has 0 atom stereocenters. The van der Waals surface area contributed by atoms with Gasteiger partial charge in [0.25, 0.3) is 0 Å². The summed E-state index contributed by atoms with van der Waals surface area (Å²) in [7, 11) is 0. The van der Waals surface area contributed by atoms with Gasteiger partial charge < -0.3 is 5.73 Å². The van der Waals surface area contributed by atoms with Crippen molar-refractivity contribution in [2.24, 2.45) is 11.7 Å². The van der Waals surface area contributed by atoms with E-state index in [0.717, 1.165) is 12.5 Å². The van der Waals surface area contributed by atoms with Gasteiger partial charge in [-0.3, -0.25) is 0 Å². The zero-order valence-electron chi connectivity index (χ0n) is 7.52. The Balaban J connectivity index is 1.66. The van der Waals surface area contributed by atoms with Crippen molar-refractivity contribution >= 4 is 0 Å². The molecule has 0 heterocycles. The first-order valence-electron chi connectivity index (χ1n) is 5.13. The maximum absolute atomic E-state index is 5.40. The molecule has 0 saturated heterocycles. The Morgan fingerprint density at radius 1 is 0.909 bits per heavy atom. The highest BCUT2D eigenvalue weighted by atomic mass is 14.5. The standard InChI is InChI=1S/C10H21N/c11-9-5-3-1-2-4-6-10-7-8-10/h10H,1-9,11H2. The molecule has 2 N–H and O–H groups in total. The van der Waals surface area contributed by atoms with E-state index in [1.807, 2.05) is 0 Å². The molecule has 0 spiro atoms. The SMILES string of the molecule is NCCCCCCCC1CC1. The Labute approximate surface area is 70.4 Å². The van der Waals surface area contributed by atoms with Gasteiger partial charge in [0.15, 0.2) is 0 Å². The van der Waals surface area contributed by atoms with Crippen LogP contribution >= 0.6 is 0 Å². The highest BCUT2D eigenvalue weighted by Crippen LogP contribution is 2.34. The van der Waals surface area contributed by atoms with Crippen molar-refractivity contribution in [1.29, 1.82) is 0 Å². The van der Waals surface area contributed by atoms with Crippen LogP contribution < -0.4 is 5.73 Å². The van der Waals surface area contributed by atoms with Crippen molar-refractivity contribution in [2.45, 2.75) is 51.4 Å². The molecule has 0 amide bonds. The molecule has 0 aromatic carbocycles. The summed E-state index contributed by atoms with van der Waals surface area (Å²) in [6.45, 7) is 0.878. The summed E-state index contributed by atoms with van der Waals surface area (Å²) in [5.41, 5.74) is 5.40. The van der Waals surface area contributed by atoms with Crippen LogP contribution in [0.5, 0.6) is 0 Å². The summed E-state index contributed by atoms with van der Waals surface area (Å²) in [5, 5.41) is 0. The van der Waals surface area contributed by atoms with Gasteiger partial charge in [-0.1, -0.05) is 44.9 Å². The van der Waals surface area contributed by atoms with Gasteiger partial charge in [0.1, 0.15) is 0 Å². The van der Waals surface area contributed by atoms with Crippen molar-refractivity contribution < 1.29 is 0 Å². The molecular weight excluding hydrogens is 134 g/mol. The largest absolute Gasteiger partial charge is 0.330 e. The van der Waals surface area contributed by atoms with Gasteiger partial charge in [-0.25, -0.2) is 0 Å². The molecule has 0 radical (unpaired) electrons. The smallest absolute Gasteiger partial charge is 0.00773 e. The summed E-state index contributed by atoms with van der Waals surface area (Å²) in [4.78, 5) is 0. The summed E-state index contributed by atoms with van der Waals surface area (Å²) < 4.78 is 0. The molecule has 66 valence electrons. The summed E-state index contributed by atoms with van der Waals surface area (Å²) in [5.74, 6) is 1.13. The lowest BCUT2D eigenvalue weighted by Gasteiger charge is -1.98. The Morgan fingerprint density at radius 2 is 1.55 bits per heavy atom. The molecule has 1 saturated carbocycles. The van der Waals surface area contributed by atoms with Crippen LogP contribution in [-0.2, 0) is 0 Å². The first-order valence-corrected chi connectivity index (χ1v) is 5.13. The minimum atomic E-state index is 0.878. The van der Waals surface area contributed by atoms with Crippen LogP contribution in [0.25, 0.3) is 0 Å². The third kappa shape index (κ3) is 5.25. The second-order valence-corrected chi connectivity index (χ2v) is 3.79. The molecular formula is C10H21N. The topological polar surface area (TPSA) is 26.0 Å². The molecule has 1 aliphatic carbocycles. The Morgan fingerprint density at radius 3 is 2.18 bits per heavy atom. The maximum atomic E-state index is 5.40. The van der Waals surface area contributed by atoms with Crippen molar-refractivity contribution in [3.8, 4) is 0 Å². The number of hydrogen-bond donors (Lipinski definition) is 1. The number of hydrogen-bond acceptors (Lipinski definition) is 1. The zero-order chi connectivity index (χ0) is 7.94. The first-order chi connectivity index (χ1) is 5.43. The fraction of sp³-hybridized carbons (Fsp3) is 1.00. The van der Waals surface area contributed by atoms with E-state index in [0.29, 0.717) is 0 Å². The van der Waals surface area contributed by atoms with E-state index < -0.39 is 0 Å². The summed E-state index contributed by atoms with van der Waals surface area (Å²) >= 11 is 0. The summed E-state index contributed by atoms with van der Waals surface area (Å²) in [6, 6.07) is 0. The number of rotatable bonds is 7. The molecule has 0 unspecified atom stereocenters. The highest BCUT2D eigenvalue weighted by molar-refractivity contribution is 4.72. The fourth-order valence-corrected chi connectivity index (χ4v) is 1.51. The van der Waals surface area contributed by atoms with E-state index in [4.69, 9.17) is 5.73 Å². The quantitative estimate of drug-likeness (QED) is 0.562. The van der Waals surface area contributed by atoms with Crippen LogP contribution in [0.1, 0.15) is 51.4 Å². The Bertz CT molecular complexity index is 86.9. The average molecular weight is 155 g/mol. The normalized spacial score (nSPS) is 17.2. The van der Waals surface area contributed by atoms with Crippen molar-refractivity contribution in [3.05, 3.63) is 0 Å². The van der Waals surface area contributed by atoms with E-state index in [-0.39, 0.29) is 0 Å². The van der Waals surface area contributed by atoms with Crippen LogP contribution in [0.4, 0.5) is 0 Å². The van der Waals surface area contributed by atoms with E-state index >= 15 is 0 Å². The van der Waals surface area contributed by atoms with Gasteiger partial charge in [-0.15, -0.1) is 0 Å². The minimum absolute atomic E-state index is 0.878. The van der Waals surface area contributed by atoms with Gasteiger partial charge in [0.05, 0.1) is 0 Å². The molecule has 0 aromatic rings. The van der Waals surface area contributed by atoms with Crippen molar-refractivity contribution in [1.82, 2.24) is 0 Å². The molecule has 0 bridgehead atoms. The lowest BCUT2D eigenvalue weighted by atomic mass is 10.1. The molecule has 1 nitrogen and oxygen atoms in total. The van der Waals surface area contributed by atoms with Crippen molar-refractivity contribution in [2.75, 3.05) is 6.54 Å². The monoisotopic (exact) mass is 155 g/mol. The van der Waals surface area contributed by atoms with E-state index in [2.05, 4.69) is 0 Å². The maximum Gasteiger partial charge on any atom is -0.00773 e. The zero-order valence-corrected chi connectivity index (χ0v) is 7.52. The van der Waals surface area contributed by atoms with E-state index in [1.54, 1.807) is 0 Å². The molecule has 1 rings (SSSR count). The summed E-state index contributed by atoms with van der Waals surface area (Å²) in [6.07, 6.45) is 11.4. The van der Waals surface area contributed by atoms with Crippen LogP contribution in [0.15, 0.2) is 0 Å². The Kier molecular flexibility index (Phi) is 4.60. The third-order valence-corrected chi connectivity index (χ3v) is 2.51. The molecule has 1 fully saturated rings. The van der Waals surface area contributed by atoms with Crippen LogP contribution in [0.2, 0.25) is 0 Å². The van der Waals surface area contributed by atoms with Crippen LogP contribution in [0, 0.1) is 5.92 Å². The lowest BCUT2D eigenvalue weighted by molar-refractivity contribution is 0.574. The number of nitrogens with two attached hydrogens (primary N) is 1. The van der Waals surface area contributed by atoms with Crippen LogP contribution in [-0.4, -0.2) is 6.54 Å². The van der Waals surface area contributed by atoms with Gasteiger partial charge in [-0.2, -0.15) is 0 Å². The third-order valence-electron chi connectivity index (χ3n) is 2.51. The van der Waals surface area contributed by atoms with Gasteiger partial charge >= 0.3 is 0 Å². The van der Waals surface area contributed by atoms with E-state index in [1.165, 1.54) is 51.4 Å². The molecule has 0 aromatic heterocycles.